The minimum absolute atomic E-state index is 0.460. The number of benzene rings is 1. The summed E-state index contributed by atoms with van der Waals surface area (Å²) in [6.45, 7) is 0.664. The van der Waals surface area contributed by atoms with Crippen LogP contribution in [-0.4, -0.2) is 23.6 Å². The van der Waals surface area contributed by atoms with Gasteiger partial charge in [-0.3, -0.25) is 0 Å². The van der Waals surface area contributed by atoms with Gasteiger partial charge in [-0.15, -0.1) is 0 Å². The normalized spacial score (nSPS) is 9.88. The van der Waals surface area contributed by atoms with Crippen LogP contribution in [0.5, 0.6) is 0 Å². The second kappa shape index (κ2) is 4.93. The molecule has 0 bridgehead atoms. The molecule has 1 N–H and O–H groups in total. The molecular formula is C12H10ClN3. The van der Waals surface area contributed by atoms with E-state index in [1.165, 1.54) is 6.33 Å². The van der Waals surface area contributed by atoms with Crippen molar-refractivity contribution in [1.82, 2.24) is 15.3 Å². The number of halogens is 1. The predicted octanol–water partition coefficient (Wildman–Crippen LogP) is 1.85. The number of fused-ring (bicyclic) bond motifs is 1. The Morgan fingerprint density at radius 1 is 1.38 bits per heavy atom. The molecule has 0 radical (unpaired) electrons. The van der Waals surface area contributed by atoms with Crippen molar-refractivity contribution in [1.29, 1.82) is 0 Å². The van der Waals surface area contributed by atoms with Gasteiger partial charge in [0.15, 0.2) is 0 Å². The largest absolute Gasteiger partial charge is 0.309 e. The first-order valence-corrected chi connectivity index (χ1v) is 5.23. The monoisotopic (exact) mass is 231 g/mol. The molecule has 0 aliphatic carbocycles. The van der Waals surface area contributed by atoms with Crippen LogP contribution < -0.4 is 5.32 Å². The molecule has 0 saturated carbocycles. The maximum Gasteiger partial charge on any atom is 0.140 e. The minimum atomic E-state index is 0.460. The lowest BCUT2D eigenvalue weighted by Gasteiger charge is -1.98. The second-order valence-electron chi connectivity index (χ2n) is 3.23. The zero-order chi connectivity index (χ0) is 11.4. The van der Waals surface area contributed by atoms with Gasteiger partial charge in [0.2, 0.25) is 0 Å². The third-order valence-corrected chi connectivity index (χ3v) is 2.39. The smallest absolute Gasteiger partial charge is 0.140 e. The number of hydrogen-bond donors (Lipinski definition) is 1. The highest BCUT2D eigenvalue weighted by atomic mass is 35.5. The first kappa shape index (κ1) is 10.9. The standard InChI is InChI=1S/C12H10ClN3/c1-14-6-2-3-9-4-5-11-10(7-9)12(13)16-8-15-11/h4-5,7-8,14H,6H2,1H3. The van der Waals surface area contributed by atoms with Crippen molar-refractivity contribution in [3.63, 3.8) is 0 Å². The van der Waals surface area contributed by atoms with Crippen LogP contribution in [0.15, 0.2) is 24.5 Å². The van der Waals surface area contributed by atoms with E-state index in [9.17, 15) is 0 Å². The molecule has 16 heavy (non-hydrogen) atoms. The van der Waals surface area contributed by atoms with Crippen molar-refractivity contribution in [2.75, 3.05) is 13.6 Å². The molecule has 80 valence electrons. The molecule has 0 spiro atoms. The van der Waals surface area contributed by atoms with Gasteiger partial charge < -0.3 is 5.32 Å². The molecule has 2 rings (SSSR count). The second-order valence-corrected chi connectivity index (χ2v) is 3.59. The van der Waals surface area contributed by atoms with Crippen LogP contribution in [0.25, 0.3) is 10.9 Å². The molecule has 3 nitrogen and oxygen atoms in total. The number of nitrogens with one attached hydrogen (secondary N) is 1. The summed E-state index contributed by atoms with van der Waals surface area (Å²) in [5, 5.41) is 4.26. The van der Waals surface area contributed by atoms with Crippen LogP contribution in [0.2, 0.25) is 5.15 Å². The van der Waals surface area contributed by atoms with Gasteiger partial charge in [0.1, 0.15) is 11.5 Å². The maximum absolute atomic E-state index is 5.98. The Labute approximate surface area is 98.9 Å². The SMILES string of the molecule is CNCC#Cc1ccc2ncnc(Cl)c2c1. The Morgan fingerprint density at radius 3 is 3.06 bits per heavy atom. The Kier molecular flexibility index (Phi) is 3.35. The summed E-state index contributed by atoms with van der Waals surface area (Å²) in [6, 6.07) is 5.72. The average molecular weight is 232 g/mol. The highest BCUT2D eigenvalue weighted by molar-refractivity contribution is 6.34. The Morgan fingerprint density at radius 2 is 2.25 bits per heavy atom. The third kappa shape index (κ3) is 2.30. The minimum Gasteiger partial charge on any atom is -0.309 e. The van der Waals surface area contributed by atoms with Crippen LogP contribution in [-0.2, 0) is 0 Å². The molecule has 1 aromatic heterocycles. The summed E-state index contributed by atoms with van der Waals surface area (Å²) in [6.07, 6.45) is 1.46. The lowest BCUT2D eigenvalue weighted by molar-refractivity contribution is 0.938. The van der Waals surface area contributed by atoms with Crippen molar-refractivity contribution in [2.45, 2.75) is 0 Å². The summed E-state index contributed by atoms with van der Waals surface area (Å²) < 4.78 is 0. The summed E-state index contributed by atoms with van der Waals surface area (Å²) in [4.78, 5) is 8.06. The van der Waals surface area contributed by atoms with Crippen LogP contribution >= 0.6 is 11.6 Å². The third-order valence-electron chi connectivity index (χ3n) is 2.08. The molecule has 1 aromatic carbocycles. The van der Waals surface area contributed by atoms with Gasteiger partial charge in [0.05, 0.1) is 12.1 Å². The van der Waals surface area contributed by atoms with Gasteiger partial charge in [0.25, 0.3) is 0 Å². The van der Waals surface area contributed by atoms with Crippen LogP contribution in [0, 0.1) is 11.8 Å². The summed E-state index contributed by atoms with van der Waals surface area (Å²) in [5.74, 6) is 6.03. The van der Waals surface area contributed by atoms with E-state index < -0.39 is 0 Å². The van der Waals surface area contributed by atoms with E-state index in [1.54, 1.807) is 0 Å². The van der Waals surface area contributed by atoms with Gasteiger partial charge in [-0.25, -0.2) is 9.97 Å². The summed E-state index contributed by atoms with van der Waals surface area (Å²) in [5.41, 5.74) is 1.75. The fourth-order valence-corrected chi connectivity index (χ4v) is 1.53. The number of hydrogen-bond acceptors (Lipinski definition) is 3. The van der Waals surface area contributed by atoms with Gasteiger partial charge in [-0.2, -0.15) is 0 Å². The number of aromatic nitrogens is 2. The van der Waals surface area contributed by atoms with Crippen LogP contribution in [0.4, 0.5) is 0 Å². The fraction of sp³-hybridized carbons (Fsp3) is 0.167. The number of nitrogens with zero attached hydrogens (tertiary/aromatic N) is 2. The molecule has 0 unspecified atom stereocenters. The van der Waals surface area contributed by atoms with Gasteiger partial charge >= 0.3 is 0 Å². The molecule has 0 amide bonds. The van der Waals surface area contributed by atoms with Crippen molar-refractivity contribution in [3.8, 4) is 11.8 Å². The van der Waals surface area contributed by atoms with Gasteiger partial charge in [0, 0.05) is 10.9 Å². The first-order valence-electron chi connectivity index (χ1n) is 4.85. The van der Waals surface area contributed by atoms with E-state index in [2.05, 4.69) is 27.1 Å². The summed E-state index contributed by atoms with van der Waals surface area (Å²) >= 11 is 5.98. The lowest BCUT2D eigenvalue weighted by atomic mass is 10.1. The van der Waals surface area contributed by atoms with Crippen LogP contribution in [0.1, 0.15) is 5.56 Å². The molecule has 0 aliphatic rings. The highest BCUT2D eigenvalue weighted by Gasteiger charge is 2.00. The molecule has 0 aliphatic heterocycles. The highest BCUT2D eigenvalue weighted by Crippen LogP contribution is 2.19. The van der Waals surface area contributed by atoms with E-state index in [0.717, 1.165) is 16.5 Å². The van der Waals surface area contributed by atoms with Crippen molar-refractivity contribution >= 4 is 22.5 Å². The molecular weight excluding hydrogens is 222 g/mol. The number of rotatable bonds is 1. The van der Waals surface area contributed by atoms with E-state index in [1.807, 2.05) is 25.2 Å². The van der Waals surface area contributed by atoms with Crippen LogP contribution in [0.3, 0.4) is 0 Å². The first-order chi connectivity index (χ1) is 7.81. The zero-order valence-electron chi connectivity index (χ0n) is 8.79. The Hall–Kier alpha value is -1.63. The quantitative estimate of drug-likeness (QED) is 0.601. The maximum atomic E-state index is 5.98. The van der Waals surface area contributed by atoms with E-state index >= 15 is 0 Å². The van der Waals surface area contributed by atoms with Crippen molar-refractivity contribution < 1.29 is 0 Å². The van der Waals surface area contributed by atoms with E-state index in [-0.39, 0.29) is 0 Å². The molecule has 0 atom stereocenters. The predicted molar refractivity (Wildman–Crippen MR) is 65.4 cm³/mol. The molecule has 1 heterocycles. The average Bonchev–Trinajstić information content (AvgIpc) is 2.30. The summed E-state index contributed by atoms with van der Waals surface area (Å²) in [7, 11) is 1.86. The molecule has 0 fully saturated rings. The van der Waals surface area contributed by atoms with Gasteiger partial charge in [-0.05, 0) is 25.2 Å². The molecule has 2 aromatic rings. The zero-order valence-corrected chi connectivity index (χ0v) is 9.54. The van der Waals surface area contributed by atoms with Gasteiger partial charge in [-0.1, -0.05) is 23.4 Å². The fourth-order valence-electron chi connectivity index (χ4n) is 1.34. The lowest BCUT2D eigenvalue weighted by Crippen LogP contribution is -2.04. The Balaban J connectivity index is 2.44. The molecule has 4 heteroatoms. The van der Waals surface area contributed by atoms with E-state index in [4.69, 9.17) is 11.6 Å². The topological polar surface area (TPSA) is 37.8 Å². The van der Waals surface area contributed by atoms with Crippen molar-refractivity contribution in [3.05, 3.63) is 35.2 Å². The Bertz CT molecular complexity index is 569. The van der Waals surface area contributed by atoms with Crippen molar-refractivity contribution in [2.24, 2.45) is 0 Å². The van der Waals surface area contributed by atoms with E-state index in [0.29, 0.717) is 11.7 Å². The molecule has 0 saturated heterocycles.